The molecule has 0 unspecified atom stereocenters. The third-order valence-corrected chi connectivity index (χ3v) is 2.88. The molecule has 1 amide bonds. The summed E-state index contributed by atoms with van der Waals surface area (Å²) in [6.07, 6.45) is 1.32. The van der Waals surface area contributed by atoms with E-state index in [0.29, 0.717) is 65.3 Å². The zero-order valence-corrected chi connectivity index (χ0v) is 14.9. The molecule has 23 heavy (non-hydrogen) atoms. The predicted molar refractivity (Wildman–Crippen MR) is 89.7 cm³/mol. The van der Waals surface area contributed by atoms with Gasteiger partial charge in [-0.15, -0.1) is 0 Å². The van der Waals surface area contributed by atoms with Gasteiger partial charge in [-0.1, -0.05) is 13.8 Å². The summed E-state index contributed by atoms with van der Waals surface area (Å²) in [6, 6.07) is 0.484. The highest BCUT2D eigenvalue weighted by molar-refractivity contribution is 5.75. The standard InChI is InChI=1S/C16H34N2O5/c1-15(2)17-6-4-7-18-16(19)5-8-21-11-12-23-14-13-22-10-9-20-3/h15,17H,4-14H2,1-3H3,(H,18,19). The molecule has 0 aliphatic heterocycles. The summed E-state index contributed by atoms with van der Waals surface area (Å²) >= 11 is 0. The summed E-state index contributed by atoms with van der Waals surface area (Å²) in [5.74, 6) is 0.0296. The lowest BCUT2D eigenvalue weighted by atomic mass is 10.3. The van der Waals surface area contributed by atoms with Crippen molar-refractivity contribution >= 4 is 5.91 Å². The maximum atomic E-state index is 11.5. The average molecular weight is 334 g/mol. The maximum Gasteiger partial charge on any atom is 0.222 e. The van der Waals surface area contributed by atoms with Gasteiger partial charge >= 0.3 is 0 Å². The van der Waals surface area contributed by atoms with E-state index in [-0.39, 0.29) is 5.91 Å². The molecule has 0 saturated carbocycles. The number of carbonyl (C=O) groups excluding carboxylic acids is 1. The first-order chi connectivity index (χ1) is 11.2. The molecule has 0 spiro atoms. The number of methoxy groups -OCH3 is 1. The van der Waals surface area contributed by atoms with Crippen LogP contribution in [0.3, 0.4) is 0 Å². The van der Waals surface area contributed by atoms with Crippen LogP contribution in [0.2, 0.25) is 0 Å². The number of amides is 1. The Morgan fingerprint density at radius 1 is 0.870 bits per heavy atom. The Labute approximate surface area is 140 Å². The second kappa shape index (κ2) is 17.6. The van der Waals surface area contributed by atoms with Crippen LogP contribution in [0, 0.1) is 0 Å². The molecule has 0 aliphatic rings. The predicted octanol–water partition coefficient (Wildman–Crippen LogP) is 0.577. The largest absolute Gasteiger partial charge is 0.382 e. The first-order valence-electron chi connectivity index (χ1n) is 8.39. The monoisotopic (exact) mass is 334 g/mol. The third kappa shape index (κ3) is 19.2. The van der Waals surface area contributed by atoms with Gasteiger partial charge in [0, 0.05) is 26.1 Å². The Hall–Kier alpha value is -0.730. The second-order valence-electron chi connectivity index (χ2n) is 5.39. The fourth-order valence-electron chi connectivity index (χ4n) is 1.64. The van der Waals surface area contributed by atoms with Crippen LogP contribution in [0.4, 0.5) is 0 Å². The normalized spacial score (nSPS) is 11.1. The molecule has 7 heteroatoms. The van der Waals surface area contributed by atoms with Gasteiger partial charge in [0.05, 0.1) is 46.2 Å². The van der Waals surface area contributed by atoms with Crippen molar-refractivity contribution in [3.63, 3.8) is 0 Å². The molecule has 0 heterocycles. The van der Waals surface area contributed by atoms with Gasteiger partial charge in [-0.2, -0.15) is 0 Å². The van der Waals surface area contributed by atoms with E-state index < -0.39 is 0 Å². The number of ether oxygens (including phenoxy) is 4. The Morgan fingerprint density at radius 2 is 1.43 bits per heavy atom. The molecule has 0 bridgehead atoms. The van der Waals surface area contributed by atoms with E-state index >= 15 is 0 Å². The Balaban J connectivity index is 3.14. The van der Waals surface area contributed by atoms with Crippen molar-refractivity contribution in [2.24, 2.45) is 0 Å². The van der Waals surface area contributed by atoms with E-state index in [4.69, 9.17) is 18.9 Å². The van der Waals surface area contributed by atoms with Crippen LogP contribution < -0.4 is 10.6 Å². The van der Waals surface area contributed by atoms with Gasteiger partial charge in [0.2, 0.25) is 5.91 Å². The summed E-state index contributed by atoms with van der Waals surface area (Å²) < 4.78 is 20.8. The molecule has 138 valence electrons. The fraction of sp³-hybridized carbons (Fsp3) is 0.938. The van der Waals surface area contributed by atoms with E-state index in [1.165, 1.54) is 0 Å². The summed E-state index contributed by atoms with van der Waals surface area (Å²) in [6.45, 7) is 9.52. The van der Waals surface area contributed by atoms with Crippen molar-refractivity contribution in [3.05, 3.63) is 0 Å². The van der Waals surface area contributed by atoms with Crippen LogP contribution in [-0.2, 0) is 23.7 Å². The molecule has 0 fully saturated rings. The number of rotatable bonds is 17. The van der Waals surface area contributed by atoms with Gasteiger partial charge in [0.15, 0.2) is 0 Å². The maximum absolute atomic E-state index is 11.5. The molecule has 0 aromatic carbocycles. The fourth-order valence-corrected chi connectivity index (χ4v) is 1.64. The lowest BCUT2D eigenvalue weighted by Gasteiger charge is -2.09. The highest BCUT2D eigenvalue weighted by Crippen LogP contribution is 1.86. The Kier molecular flexibility index (Phi) is 17.1. The highest BCUT2D eigenvalue weighted by atomic mass is 16.6. The SMILES string of the molecule is COCCOCCOCCOCCC(=O)NCCCNC(C)C. The first kappa shape index (κ1) is 22.3. The smallest absolute Gasteiger partial charge is 0.222 e. The molecule has 2 N–H and O–H groups in total. The molecule has 0 aliphatic carbocycles. The van der Waals surface area contributed by atoms with Crippen LogP contribution in [0.25, 0.3) is 0 Å². The molecular weight excluding hydrogens is 300 g/mol. The van der Waals surface area contributed by atoms with E-state index in [9.17, 15) is 4.79 Å². The van der Waals surface area contributed by atoms with E-state index in [1.54, 1.807) is 7.11 Å². The number of hydrogen-bond acceptors (Lipinski definition) is 6. The van der Waals surface area contributed by atoms with Gasteiger partial charge < -0.3 is 29.6 Å². The van der Waals surface area contributed by atoms with Crippen molar-refractivity contribution in [2.45, 2.75) is 32.7 Å². The molecule has 0 rings (SSSR count). The molecule has 0 radical (unpaired) electrons. The summed E-state index contributed by atoms with van der Waals surface area (Å²) in [4.78, 5) is 11.5. The molecule has 7 nitrogen and oxygen atoms in total. The zero-order valence-electron chi connectivity index (χ0n) is 14.9. The quantitative estimate of drug-likeness (QED) is 0.379. The summed E-state index contributed by atoms with van der Waals surface area (Å²) in [5, 5.41) is 6.18. The van der Waals surface area contributed by atoms with Gasteiger partial charge in [-0.25, -0.2) is 0 Å². The van der Waals surface area contributed by atoms with Gasteiger partial charge in [0.1, 0.15) is 0 Å². The number of hydrogen-bond donors (Lipinski definition) is 2. The van der Waals surface area contributed by atoms with Crippen molar-refractivity contribution < 1.29 is 23.7 Å². The van der Waals surface area contributed by atoms with Crippen molar-refractivity contribution in [1.82, 2.24) is 10.6 Å². The lowest BCUT2D eigenvalue weighted by molar-refractivity contribution is -0.122. The van der Waals surface area contributed by atoms with Crippen molar-refractivity contribution in [1.29, 1.82) is 0 Å². The average Bonchev–Trinajstić information content (AvgIpc) is 2.52. The van der Waals surface area contributed by atoms with E-state index in [2.05, 4.69) is 24.5 Å². The van der Waals surface area contributed by atoms with Gasteiger partial charge in [-0.05, 0) is 13.0 Å². The van der Waals surface area contributed by atoms with E-state index in [0.717, 1.165) is 13.0 Å². The number of carbonyl (C=O) groups is 1. The van der Waals surface area contributed by atoms with Crippen LogP contribution in [-0.4, -0.2) is 78.4 Å². The van der Waals surface area contributed by atoms with Gasteiger partial charge in [-0.3, -0.25) is 4.79 Å². The minimum absolute atomic E-state index is 0.0296. The molecular formula is C16H34N2O5. The minimum Gasteiger partial charge on any atom is -0.382 e. The van der Waals surface area contributed by atoms with Crippen molar-refractivity contribution in [2.75, 3.05) is 66.4 Å². The Morgan fingerprint density at radius 3 is 2.00 bits per heavy atom. The minimum atomic E-state index is 0.0296. The molecule has 0 aromatic heterocycles. The van der Waals surface area contributed by atoms with Crippen LogP contribution in [0.5, 0.6) is 0 Å². The zero-order chi connectivity index (χ0) is 17.2. The first-order valence-corrected chi connectivity index (χ1v) is 8.39. The topological polar surface area (TPSA) is 78.0 Å². The molecule has 0 aromatic rings. The lowest BCUT2D eigenvalue weighted by Crippen LogP contribution is -2.30. The summed E-state index contributed by atoms with van der Waals surface area (Å²) in [7, 11) is 1.64. The van der Waals surface area contributed by atoms with E-state index in [1.807, 2.05) is 0 Å². The molecule has 0 atom stereocenters. The van der Waals surface area contributed by atoms with Crippen LogP contribution >= 0.6 is 0 Å². The molecule has 0 saturated heterocycles. The third-order valence-electron chi connectivity index (χ3n) is 2.88. The second-order valence-corrected chi connectivity index (χ2v) is 5.39. The van der Waals surface area contributed by atoms with Gasteiger partial charge in [0.25, 0.3) is 0 Å². The summed E-state index contributed by atoms with van der Waals surface area (Å²) in [5.41, 5.74) is 0. The number of nitrogens with one attached hydrogen (secondary N) is 2. The van der Waals surface area contributed by atoms with Crippen LogP contribution in [0.1, 0.15) is 26.7 Å². The highest BCUT2D eigenvalue weighted by Gasteiger charge is 2.00. The van der Waals surface area contributed by atoms with Crippen LogP contribution in [0.15, 0.2) is 0 Å². The van der Waals surface area contributed by atoms with Crippen molar-refractivity contribution in [3.8, 4) is 0 Å². The Bertz CT molecular complexity index is 265.